The zero-order chi connectivity index (χ0) is 16.6. The number of halogens is 3. The van der Waals surface area contributed by atoms with Crippen molar-refractivity contribution in [2.45, 2.75) is 6.18 Å². The molecule has 0 radical (unpaired) electrons. The zero-order valence-corrected chi connectivity index (χ0v) is 12.5. The molecule has 0 fully saturated rings. The molecular formula is C17H14F3NO2. The highest BCUT2D eigenvalue weighted by atomic mass is 19.4. The SMILES string of the molecule is COc1ccc(-c2cc3ccc(C(F)(F)F)cc3[nH]2)cc1OC. The van der Waals surface area contributed by atoms with Crippen molar-refractivity contribution < 1.29 is 22.6 Å². The molecule has 0 saturated carbocycles. The Morgan fingerprint density at radius 1 is 0.870 bits per heavy atom. The maximum Gasteiger partial charge on any atom is 0.416 e. The second kappa shape index (κ2) is 5.53. The molecule has 3 rings (SSSR count). The molecule has 120 valence electrons. The summed E-state index contributed by atoms with van der Waals surface area (Å²) < 4.78 is 48.8. The number of aromatic amines is 1. The van der Waals surface area contributed by atoms with Crippen LogP contribution in [0.1, 0.15) is 5.56 Å². The average Bonchev–Trinajstić information content (AvgIpc) is 2.96. The highest BCUT2D eigenvalue weighted by Gasteiger charge is 2.30. The minimum Gasteiger partial charge on any atom is -0.493 e. The number of methoxy groups -OCH3 is 2. The van der Waals surface area contributed by atoms with E-state index in [-0.39, 0.29) is 0 Å². The molecule has 3 nitrogen and oxygen atoms in total. The number of ether oxygens (including phenoxy) is 2. The van der Waals surface area contributed by atoms with Crippen LogP contribution < -0.4 is 9.47 Å². The van der Waals surface area contributed by atoms with E-state index in [1.165, 1.54) is 13.2 Å². The second-order valence-corrected chi connectivity index (χ2v) is 5.05. The first-order valence-corrected chi connectivity index (χ1v) is 6.85. The number of nitrogens with one attached hydrogen (secondary N) is 1. The van der Waals surface area contributed by atoms with Crippen molar-refractivity contribution in [2.75, 3.05) is 14.2 Å². The second-order valence-electron chi connectivity index (χ2n) is 5.05. The van der Waals surface area contributed by atoms with Crippen molar-refractivity contribution in [1.29, 1.82) is 0 Å². The maximum atomic E-state index is 12.8. The molecule has 0 atom stereocenters. The fourth-order valence-corrected chi connectivity index (χ4v) is 2.46. The number of hydrogen-bond donors (Lipinski definition) is 1. The van der Waals surface area contributed by atoms with Gasteiger partial charge in [-0.1, -0.05) is 6.07 Å². The van der Waals surface area contributed by atoms with Gasteiger partial charge in [0.05, 0.1) is 19.8 Å². The van der Waals surface area contributed by atoms with Gasteiger partial charge in [-0.2, -0.15) is 13.2 Å². The third kappa shape index (κ3) is 2.84. The van der Waals surface area contributed by atoms with Crippen LogP contribution >= 0.6 is 0 Å². The van der Waals surface area contributed by atoms with Gasteiger partial charge in [0.25, 0.3) is 0 Å². The Hall–Kier alpha value is -2.63. The van der Waals surface area contributed by atoms with Crippen molar-refractivity contribution >= 4 is 10.9 Å². The summed E-state index contributed by atoms with van der Waals surface area (Å²) in [4.78, 5) is 3.02. The highest BCUT2D eigenvalue weighted by molar-refractivity contribution is 5.86. The Morgan fingerprint density at radius 3 is 2.26 bits per heavy atom. The zero-order valence-electron chi connectivity index (χ0n) is 12.5. The number of benzene rings is 2. The standard InChI is InChI=1S/C17H14F3NO2/c1-22-15-6-4-11(8-16(15)23-2)13-7-10-3-5-12(17(18,19)20)9-14(10)21-13/h3-9,21H,1-2H3. The van der Waals surface area contributed by atoms with Crippen molar-refractivity contribution in [3.8, 4) is 22.8 Å². The van der Waals surface area contributed by atoms with Gasteiger partial charge in [0, 0.05) is 22.2 Å². The Morgan fingerprint density at radius 2 is 1.61 bits per heavy atom. The molecule has 23 heavy (non-hydrogen) atoms. The number of H-pyrrole nitrogens is 1. The van der Waals surface area contributed by atoms with Gasteiger partial charge in [-0.05, 0) is 36.4 Å². The fraction of sp³-hybridized carbons (Fsp3) is 0.176. The normalized spacial score (nSPS) is 11.7. The van der Waals surface area contributed by atoms with E-state index < -0.39 is 11.7 Å². The van der Waals surface area contributed by atoms with E-state index in [1.807, 2.05) is 6.07 Å². The molecule has 0 aliphatic heterocycles. The lowest BCUT2D eigenvalue weighted by atomic mass is 10.1. The van der Waals surface area contributed by atoms with Crippen LogP contribution in [0.25, 0.3) is 22.2 Å². The van der Waals surface area contributed by atoms with Crippen molar-refractivity contribution in [3.05, 3.63) is 48.0 Å². The summed E-state index contributed by atoms with van der Waals surface area (Å²) in [7, 11) is 3.07. The van der Waals surface area contributed by atoms with Crippen molar-refractivity contribution in [2.24, 2.45) is 0 Å². The molecular weight excluding hydrogens is 307 g/mol. The average molecular weight is 321 g/mol. The first-order chi connectivity index (χ1) is 10.9. The molecule has 2 aromatic carbocycles. The van der Waals surface area contributed by atoms with Crippen molar-refractivity contribution in [1.82, 2.24) is 4.98 Å². The molecule has 0 aliphatic carbocycles. The number of fused-ring (bicyclic) bond motifs is 1. The van der Waals surface area contributed by atoms with E-state index in [0.29, 0.717) is 28.1 Å². The summed E-state index contributed by atoms with van der Waals surface area (Å²) >= 11 is 0. The predicted molar refractivity (Wildman–Crippen MR) is 81.8 cm³/mol. The van der Waals surface area contributed by atoms with Crippen LogP contribution in [0, 0.1) is 0 Å². The molecule has 1 heterocycles. The van der Waals surface area contributed by atoms with Gasteiger partial charge < -0.3 is 14.5 Å². The molecule has 1 N–H and O–H groups in total. The topological polar surface area (TPSA) is 34.2 Å². The highest BCUT2D eigenvalue weighted by Crippen LogP contribution is 2.35. The van der Waals surface area contributed by atoms with Crippen LogP contribution in [0.4, 0.5) is 13.2 Å². The van der Waals surface area contributed by atoms with Crippen LogP contribution in [0.3, 0.4) is 0 Å². The molecule has 6 heteroatoms. The summed E-state index contributed by atoms with van der Waals surface area (Å²) in [6.45, 7) is 0. The van der Waals surface area contributed by atoms with Gasteiger partial charge >= 0.3 is 6.18 Å². The summed E-state index contributed by atoms with van der Waals surface area (Å²) in [6, 6.07) is 10.8. The summed E-state index contributed by atoms with van der Waals surface area (Å²) in [5.41, 5.74) is 1.27. The Balaban J connectivity index is 2.07. The van der Waals surface area contributed by atoms with Gasteiger partial charge in [0.1, 0.15) is 0 Å². The first kappa shape index (κ1) is 15.3. The minimum absolute atomic E-state index is 0.435. The fourth-order valence-electron chi connectivity index (χ4n) is 2.46. The number of aromatic nitrogens is 1. The van der Waals surface area contributed by atoms with Crippen molar-refractivity contribution in [3.63, 3.8) is 0 Å². The smallest absolute Gasteiger partial charge is 0.416 e. The largest absolute Gasteiger partial charge is 0.493 e. The Kier molecular flexibility index (Phi) is 3.67. The van der Waals surface area contributed by atoms with E-state index in [4.69, 9.17) is 9.47 Å². The lowest BCUT2D eigenvalue weighted by Gasteiger charge is -2.08. The molecule has 1 aromatic heterocycles. The number of rotatable bonds is 3. The van der Waals surface area contributed by atoms with Crippen LogP contribution in [0.5, 0.6) is 11.5 Å². The quantitative estimate of drug-likeness (QED) is 0.747. The molecule has 0 aliphatic rings. The maximum absolute atomic E-state index is 12.8. The Labute approximate surface area is 130 Å². The molecule has 0 spiro atoms. The third-order valence-electron chi connectivity index (χ3n) is 3.64. The van der Waals surface area contributed by atoms with Gasteiger partial charge in [-0.25, -0.2) is 0 Å². The van der Waals surface area contributed by atoms with E-state index in [9.17, 15) is 13.2 Å². The van der Waals surface area contributed by atoms with Gasteiger partial charge in [-0.3, -0.25) is 0 Å². The van der Waals surface area contributed by atoms with E-state index >= 15 is 0 Å². The molecule has 0 saturated heterocycles. The van der Waals surface area contributed by atoms with Crippen LogP contribution in [-0.2, 0) is 6.18 Å². The van der Waals surface area contributed by atoms with Gasteiger partial charge in [-0.15, -0.1) is 0 Å². The third-order valence-corrected chi connectivity index (χ3v) is 3.64. The first-order valence-electron chi connectivity index (χ1n) is 6.85. The summed E-state index contributed by atoms with van der Waals surface area (Å²) in [5.74, 6) is 1.14. The molecule has 0 unspecified atom stereocenters. The lowest BCUT2D eigenvalue weighted by molar-refractivity contribution is -0.137. The predicted octanol–water partition coefficient (Wildman–Crippen LogP) is 4.87. The van der Waals surface area contributed by atoms with E-state index in [1.54, 1.807) is 25.3 Å². The monoisotopic (exact) mass is 321 g/mol. The van der Waals surface area contributed by atoms with Gasteiger partial charge in [0.2, 0.25) is 0 Å². The Bertz CT molecular complexity index is 853. The number of hydrogen-bond acceptors (Lipinski definition) is 2. The molecule has 3 aromatic rings. The van der Waals surface area contributed by atoms with Crippen LogP contribution in [-0.4, -0.2) is 19.2 Å². The molecule has 0 bridgehead atoms. The van der Waals surface area contributed by atoms with Gasteiger partial charge in [0.15, 0.2) is 11.5 Å². The van der Waals surface area contributed by atoms with Crippen LogP contribution in [0.15, 0.2) is 42.5 Å². The molecule has 0 amide bonds. The number of alkyl halides is 3. The summed E-state index contributed by atoms with van der Waals surface area (Å²) in [6.07, 6.45) is -4.36. The minimum atomic E-state index is -4.36. The lowest BCUT2D eigenvalue weighted by Crippen LogP contribution is -2.03. The van der Waals surface area contributed by atoms with E-state index in [2.05, 4.69) is 4.98 Å². The van der Waals surface area contributed by atoms with Crippen LogP contribution in [0.2, 0.25) is 0 Å². The summed E-state index contributed by atoms with van der Waals surface area (Å²) in [5, 5.41) is 0.711. The van der Waals surface area contributed by atoms with E-state index in [0.717, 1.165) is 17.7 Å².